The van der Waals surface area contributed by atoms with Gasteiger partial charge in [0, 0.05) is 0 Å². The summed E-state index contributed by atoms with van der Waals surface area (Å²) >= 11 is 5.67. The van der Waals surface area contributed by atoms with E-state index in [0.29, 0.717) is 12.1 Å². The minimum absolute atomic E-state index is 0.0222. The summed E-state index contributed by atoms with van der Waals surface area (Å²) in [5.74, 6) is -0.0222. The van der Waals surface area contributed by atoms with Crippen LogP contribution in [0.4, 0.5) is 13.2 Å². The van der Waals surface area contributed by atoms with Crippen LogP contribution in [0.1, 0.15) is 5.56 Å². The Hall–Kier alpha value is -1.73. The molecule has 112 valence electrons. The van der Waals surface area contributed by atoms with Gasteiger partial charge in [0.05, 0.1) is 10.6 Å². The van der Waals surface area contributed by atoms with Gasteiger partial charge >= 0.3 is 16.3 Å². The molecule has 0 saturated carbocycles. The number of halogens is 4. The van der Waals surface area contributed by atoms with E-state index in [2.05, 4.69) is 0 Å². The smallest absolute Gasteiger partial charge is 0.379 e. The van der Waals surface area contributed by atoms with Gasteiger partial charge in [-0.1, -0.05) is 29.8 Å². The van der Waals surface area contributed by atoms with Crippen LogP contribution < -0.4 is 4.18 Å². The van der Waals surface area contributed by atoms with Gasteiger partial charge in [-0.05, 0) is 30.3 Å². The van der Waals surface area contributed by atoms with Crippen LogP contribution in [0.3, 0.4) is 0 Å². The second-order valence-corrected chi connectivity index (χ2v) is 5.92. The van der Waals surface area contributed by atoms with Crippen molar-refractivity contribution in [3.63, 3.8) is 0 Å². The van der Waals surface area contributed by atoms with Crippen LogP contribution in [0.25, 0.3) is 0 Å². The maximum absolute atomic E-state index is 12.6. The predicted molar refractivity (Wildman–Crippen MR) is 70.7 cm³/mol. The molecule has 0 aliphatic carbocycles. The molecule has 0 saturated heterocycles. The lowest BCUT2D eigenvalue weighted by molar-refractivity contribution is -0.137. The highest BCUT2D eigenvalue weighted by Crippen LogP contribution is 2.34. The molecule has 0 atom stereocenters. The van der Waals surface area contributed by atoms with Crippen molar-refractivity contribution >= 4 is 21.7 Å². The van der Waals surface area contributed by atoms with E-state index < -0.39 is 26.8 Å². The Kier molecular flexibility index (Phi) is 4.15. The molecule has 0 heterocycles. The fraction of sp³-hybridized carbons (Fsp3) is 0.0769. The minimum atomic E-state index is -4.68. The molecule has 2 aromatic rings. The zero-order valence-corrected chi connectivity index (χ0v) is 11.8. The summed E-state index contributed by atoms with van der Waals surface area (Å²) in [5, 5.41) is -0.348. The second-order valence-electron chi connectivity index (χ2n) is 3.99. The highest BCUT2D eigenvalue weighted by molar-refractivity contribution is 7.87. The van der Waals surface area contributed by atoms with E-state index in [1.54, 1.807) is 6.07 Å². The Morgan fingerprint density at radius 2 is 1.62 bits per heavy atom. The van der Waals surface area contributed by atoms with Gasteiger partial charge in [-0.15, -0.1) is 0 Å². The molecular formula is C13H8ClF3O3S. The minimum Gasteiger partial charge on any atom is -0.379 e. The molecule has 2 rings (SSSR count). The van der Waals surface area contributed by atoms with E-state index >= 15 is 0 Å². The lowest BCUT2D eigenvalue weighted by Crippen LogP contribution is -2.13. The van der Waals surface area contributed by atoms with Crippen molar-refractivity contribution in [2.45, 2.75) is 11.1 Å². The predicted octanol–water partition coefficient (Wildman–Crippen LogP) is 4.13. The standard InChI is InChI=1S/C13H8ClF3O3S/c14-11-7-6-9(13(15,16)17)8-12(11)21(18,19)20-10-4-2-1-3-5-10/h1-8H. The Balaban J connectivity index is 2.45. The zero-order valence-electron chi connectivity index (χ0n) is 10.3. The summed E-state index contributed by atoms with van der Waals surface area (Å²) in [7, 11) is -4.46. The van der Waals surface area contributed by atoms with Gasteiger partial charge < -0.3 is 4.18 Å². The van der Waals surface area contributed by atoms with Crippen LogP contribution in [0.15, 0.2) is 53.4 Å². The molecule has 0 aliphatic rings. The largest absolute Gasteiger partial charge is 0.416 e. The monoisotopic (exact) mass is 336 g/mol. The van der Waals surface area contributed by atoms with E-state index in [0.717, 1.165) is 6.07 Å². The van der Waals surface area contributed by atoms with E-state index in [4.69, 9.17) is 15.8 Å². The molecule has 0 N–H and O–H groups in total. The van der Waals surface area contributed by atoms with Gasteiger partial charge in [0.1, 0.15) is 10.6 Å². The fourth-order valence-electron chi connectivity index (χ4n) is 1.52. The number of alkyl halides is 3. The Labute approximate surface area is 124 Å². The first kappa shape index (κ1) is 15.7. The third-order valence-corrected chi connectivity index (χ3v) is 4.21. The number of hydrogen-bond acceptors (Lipinski definition) is 3. The molecule has 21 heavy (non-hydrogen) atoms. The van der Waals surface area contributed by atoms with E-state index in [-0.39, 0.29) is 10.8 Å². The Morgan fingerprint density at radius 3 is 2.19 bits per heavy atom. The molecule has 0 bridgehead atoms. The van der Waals surface area contributed by atoms with Crippen molar-refractivity contribution < 1.29 is 25.8 Å². The third-order valence-electron chi connectivity index (χ3n) is 2.48. The van der Waals surface area contributed by atoms with Gasteiger partial charge in [0.15, 0.2) is 0 Å². The van der Waals surface area contributed by atoms with Gasteiger partial charge in [0.25, 0.3) is 0 Å². The molecule has 0 unspecified atom stereocenters. The second kappa shape index (κ2) is 5.57. The summed E-state index contributed by atoms with van der Waals surface area (Å²) in [5.41, 5.74) is -1.12. The molecule has 0 radical (unpaired) electrons. The molecular weight excluding hydrogens is 329 g/mol. The number of para-hydroxylation sites is 1. The fourth-order valence-corrected chi connectivity index (χ4v) is 2.95. The first-order chi connectivity index (χ1) is 9.70. The van der Waals surface area contributed by atoms with Gasteiger partial charge in [0.2, 0.25) is 0 Å². The summed E-state index contributed by atoms with van der Waals surface area (Å²) in [6.07, 6.45) is -4.68. The van der Waals surface area contributed by atoms with Crippen molar-refractivity contribution in [2.75, 3.05) is 0 Å². The normalized spacial score (nSPS) is 12.2. The maximum Gasteiger partial charge on any atom is 0.416 e. The Bertz CT molecular complexity index is 743. The van der Waals surface area contributed by atoms with Crippen LogP contribution in [0.2, 0.25) is 5.02 Å². The summed E-state index contributed by atoms with van der Waals surface area (Å²) in [6.45, 7) is 0. The van der Waals surface area contributed by atoms with Crippen LogP contribution in [-0.2, 0) is 16.3 Å². The SMILES string of the molecule is O=S(=O)(Oc1ccccc1)c1cc(C(F)(F)F)ccc1Cl. The quantitative estimate of drug-likeness (QED) is 0.792. The molecule has 0 fully saturated rings. The number of rotatable bonds is 3. The molecule has 0 amide bonds. The lowest BCUT2D eigenvalue weighted by atomic mass is 10.2. The molecule has 3 nitrogen and oxygen atoms in total. The van der Waals surface area contributed by atoms with Crippen molar-refractivity contribution in [1.82, 2.24) is 0 Å². The van der Waals surface area contributed by atoms with Crippen LogP contribution >= 0.6 is 11.6 Å². The molecule has 2 aromatic carbocycles. The molecule has 0 aromatic heterocycles. The summed E-state index contributed by atoms with van der Waals surface area (Å²) in [4.78, 5) is -0.733. The van der Waals surface area contributed by atoms with E-state index in [1.807, 2.05) is 0 Å². The highest BCUT2D eigenvalue weighted by atomic mass is 35.5. The van der Waals surface area contributed by atoms with Crippen LogP contribution in [0.5, 0.6) is 5.75 Å². The van der Waals surface area contributed by atoms with Crippen molar-refractivity contribution in [3.8, 4) is 5.75 Å². The highest BCUT2D eigenvalue weighted by Gasteiger charge is 2.33. The average molecular weight is 337 g/mol. The molecule has 8 heteroatoms. The molecule has 0 spiro atoms. The van der Waals surface area contributed by atoms with Gasteiger partial charge in [-0.2, -0.15) is 21.6 Å². The van der Waals surface area contributed by atoms with Crippen molar-refractivity contribution in [3.05, 3.63) is 59.1 Å². The van der Waals surface area contributed by atoms with Gasteiger partial charge in [-0.25, -0.2) is 0 Å². The van der Waals surface area contributed by atoms with Crippen molar-refractivity contribution in [1.29, 1.82) is 0 Å². The number of hydrogen-bond donors (Lipinski definition) is 0. The van der Waals surface area contributed by atoms with Crippen molar-refractivity contribution in [2.24, 2.45) is 0 Å². The topological polar surface area (TPSA) is 43.4 Å². The van der Waals surface area contributed by atoms with Gasteiger partial charge in [-0.3, -0.25) is 0 Å². The molecule has 0 aliphatic heterocycles. The van der Waals surface area contributed by atoms with Crippen LogP contribution in [0, 0.1) is 0 Å². The van der Waals surface area contributed by atoms with Crippen LogP contribution in [-0.4, -0.2) is 8.42 Å². The van der Waals surface area contributed by atoms with E-state index in [9.17, 15) is 21.6 Å². The first-order valence-electron chi connectivity index (χ1n) is 5.56. The number of benzene rings is 2. The Morgan fingerprint density at radius 1 is 1.00 bits per heavy atom. The summed E-state index contributed by atoms with van der Waals surface area (Å²) < 4.78 is 66.7. The maximum atomic E-state index is 12.6. The zero-order chi connectivity index (χ0) is 15.7. The van der Waals surface area contributed by atoms with E-state index in [1.165, 1.54) is 24.3 Å². The summed E-state index contributed by atoms with van der Waals surface area (Å²) in [6, 6.07) is 9.42. The lowest BCUT2D eigenvalue weighted by Gasteiger charge is -2.11. The first-order valence-corrected chi connectivity index (χ1v) is 7.35. The average Bonchev–Trinajstić information content (AvgIpc) is 2.38. The third kappa shape index (κ3) is 3.68.